The molecule has 116 valence electrons. The first-order valence-corrected chi connectivity index (χ1v) is 6.65. The fourth-order valence-electron chi connectivity index (χ4n) is 1.73. The highest BCUT2D eigenvalue weighted by Gasteiger charge is 2.22. The number of nitrogens with one attached hydrogen (secondary N) is 3. The van der Waals surface area contributed by atoms with Crippen LogP contribution >= 0.6 is 0 Å². The molecule has 1 aromatic rings. The lowest BCUT2D eigenvalue weighted by Gasteiger charge is -2.17. The maximum Gasteiger partial charge on any atom is 0.316 e. The van der Waals surface area contributed by atoms with Gasteiger partial charge in [0.05, 0.1) is 4.92 Å². The highest BCUT2D eigenvalue weighted by atomic mass is 16.6. The lowest BCUT2D eigenvalue weighted by Crippen LogP contribution is -2.39. The number of nitrogens with two attached hydrogens (primary N) is 1. The molecule has 1 rings (SSSR count). The van der Waals surface area contributed by atoms with Crippen LogP contribution in [0.25, 0.3) is 0 Å². The Morgan fingerprint density at radius 2 is 1.95 bits per heavy atom. The third-order valence-electron chi connectivity index (χ3n) is 2.82. The molecule has 0 saturated heterocycles. The van der Waals surface area contributed by atoms with Crippen LogP contribution in [0.3, 0.4) is 0 Å². The lowest BCUT2D eigenvalue weighted by atomic mass is 10.2. The standard InChI is InChI=1S/C13H21N5O3/c1-8(2)7-15-13(19)9(3)16-10-5-4-6-11(17-14)12(10)18(20)21/h4-6,8-9,16-17H,7,14H2,1-3H3,(H,15,19). The van der Waals surface area contributed by atoms with Crippen molar-refractivity contribution in [2.45, 2.75) is 26.8 Å². The molecule has 0 aliphatic rings. The van der Waals surface area contributed by atoms with E-state index in [9.17, 15) is 14.9 Å². The zero-order valence-corrected chi connectivity index (χ0v) is 12.3. The highest BCUT2D eigenvalue weighted by Crippen LogP contribution is 2.32. The number of amides is 1. The molecule has 8 heteroatoms. The zero-order valence-electron chi connectivity index (χ0n) is 12.3. The summed E-state index contributed by atoms with van der Waals surface area (Å²) in [6.45, 7) is 6.17. The maximum absolute atomic E-state index is 11.9. The van der Waals surface area contributed by atoms with Crippen LogP contribution in [0.4, 0.5) is 17.1 Å². The monoisotopic (exact) mass is 295 g/mol. The average molecular weight is 295 g/mol. The molecule has 0 aliphatic carbocycles. The van der Waals surface area contributed by atoms with Gasteiger partial charge in [0.1, 0.15) is 17.4 Å². The normalized spacial score (nSPS) is 11.9. The second kappa shape index (κ2) is 7.44. The first kappa shape index (κ1) is 16.7. The smallest absolute Gasteiger partial charge is 0.316 e. The Labute approximate surface area is 123 Å². The number of nitro benzene ring substituents is 1. The van der Waals surface area contributed by atoms with Crippen molar-refractivity contribution in [1.82, 2.24) is 5.32 Å². The molecule has 1 atom stereocenters. The predicted octanol–water partition coefficient (Wildman–Crippen LogP) is 1.45. The van der Waals surface area contributed by atoms with Gasteiger partial charge in [-0.3, -0.25) is 20.8 Å². The van der Waals surface area contributed by atoms with E-state index in [1.165, 1.54) is 12.1 Å². The van der Waals surface area contributed by atoms with Crippen molar-refractivity contribution in [3.05, 3.63) is 28.3 Å². The summed E-state index contributed by atoms with van der Waals surface area (Å²) in [5.74, 6) is 5.38. The summed E-state index contributed by atoms with van der Waals surface area (Å²) in [4.78, 5) is 22.5. The number of anilines is 2. The van der Waals surface area contributed by atoms with Crippen LogP contribution in [-0.4, -0.2) is 23.4 Å². The summed E-state index contributed by atoms with van der Waals surface area (Å²) in [5, 5.41) is 16.7. The molecular formula is C13H21N5O3. The number of nitrogen functional groups attached to an aromatic ring is 1. The number of rotatable bonds is 7. The third kappa shape index (κ3) is 4.60. The number of hydrazine groups is 1. The molecule has 5 N–H and O–H groups in total. The average Bonchev–Trinajstić information content (AvgIpc) is 2.43. The van der Waals surface area contributed by atoms with Crippen molar-refractivity contribution in [3.8, 4) is 0 Å². The maximum atomic E-state index is 11.9. The summed E-state index contributed by atoms with van der Waals surface area (Å²) in [6.07, 6.45) is 0. The Kier molecular flexibility index (Phi) is 5.92. The molecule has 0 heterocycles. The van der Waals surface area contributed by atoms with Crippen molar-refractivity contribution >= 4 is 23.0 Å². The molecule has 0 bridgehead atoms. The number of carbonyl (C=O) groups is 1. The number of nitrogens with zero attached hydrogens (tertiary/aromatic N) is 1. The first-order chi connectivity index (χ1) is 9.86. The van der Waals surface area contributed by atoms with Crippen LogP contribution in [0.5, 0.6) is 0 Å². The summed E-state index contributed by atoms with van der Waals surface area (Å²) in [7, 11) is 0. The summed E-state index contributed by atoms with van der Waals surface area (Å²) >= 11 is 0. The largest absolute Gasteiger partial charge is 0.368 e. The molecule has 0 spiro atoms. The molecule has 21 heavy (non-hydrogen) atoms. The summed E-state index contributed by atoms with van der Waals surface area (Å²) < 4.78 is 0. The number of benzene rings is 1. The van der Waals surface area contributed by atoms with Crippen LogP contribution < -0.4 is 21.9 Å². The third-order valence-corrected chi connectivity index (χ3v) is 2.82. The van der Waals surface area contributed by atoms with Crippen LogP contribution in [0.15, 0.2) is 18.2 Å². The SMILES string of the molecule is CC(C)CNC(=O)C(C)Nc1cccc(NN)c1[N+](=O)[O-]. The molecule has 0 aromatic heterocycles. The van der Waals surface area contributed by atoms with E-state index in [0.29, 0.717) is 12.5 Å². The minimum absolute atomic E-state index is 0.180. The molecule has 0 saturated carbocycles. The van der Waals surface area contributed by atoms with E-state index in [-0.39, 0.29) is 23.0 Å². The fourth-order valence-corrected chi connectivity index (χ4v) is 1.73. The molecule has 1 amide bonds. The molecule has 0 aliphatic heterocycles. The fraction of sp³-hybridized carbons (Fsp3) is 0.462. The second-order valence-electron chi connectivity index (χ2n) is 5.11. The van der Waals surface area contributed by atoms with Crippen molar-refractivity contribution in [1.29, 1.82) is 0 Å². The van der Waals surface area contributed by atoms with E-state index in [1.807, 2.05) is 13.8 Å². The molecule has 8 nitrogen and oxygen atoms in total. The van der Waals surface area contributed by atoms with Gasteiger partial charge in [0.25, 0.3) is 0 Å². The van der Waals surface area contributed by atoms with Gasteiger partial charge in [-0.25, -0.2) is 0 Å². The van der Waals surface area contributed by atoms with Gasteiger partial charge < -0.3 is 16.1 Å². The van der Waals surface area contributed by atoms with E-state index in [0.717, 1.165) is 0 Å². The Morgan fingerprint density at radius 3 is 2.48 bits per heavy atom. The van der Waals surface area contributed by atoms with Gasteiger partial charge in [0, 0.05) is 6.54 Å². The van der Waals surface area contributed by atoms with Crippen LogP contribution in [0, 0.1) is 16.0 Å². The lowest BCUT2D eigenvalue weighted by molar-refractivity contribution is -0.383. The minimum Gasteiger partial charge on any atom is -0.368 e. The van der Waals surface area contributed by atoms with Crippen LogP contribution in [0.2, 0.25) is 0 Å². The Morgan fingerprint density at radius 1 is 1.33 bits per heavy atom. The number of hydrogen-bond acceptors (Lipinski definition) is 6. The van der Waals surface area contributed by atoms with Gasteiger partial charge in [0.2, 0.25) is 5.91 Å². The quantitative estimate of drug-likeness (QED) is 0.343. The topological polar surface area (TPSA) is 122 Å². The number of nitro groups is 1. The number of para-hydroxylation sites is 1. The summed E-state index contributed by atoms with van der Waals surface area (Å²) in [6, 6.07) is 4.04. The highest BCUT2D eigenvalue weighted by molar-refractivity contribution is 5.86. The molecule has 1 unspecified atom stereocenters. The van der Waals surface area contributed by atoms with E-state index in [2.05, 4.69) is 16.1 Å². The van der Waals surface area contributed by atoms with Gasteiger partial charge in [-0.15, -0.1) is 0 Å². The van der Waals surface area contributed by atoms with Gasteiger partial charge in [-0.05, 0) is 25.0 Å². The minimum atomic E-state index is -0.601. The van der Waals surface area contributed by atoms with Crippen molar-refractivity contribution in [2.75, 3.05) is 17.3 Å². The van der Waals surface area contributed by atoms with Gasteiger partial charge in [-0.1, -0.05) is 19.9 Å². The first-order valence-electron chi connectivity index (χ1n) is 6.65. The Hall–Kier alpha value is -2.35. The van der Waals surface area contributed by atoms with E-state index in [1.54, 1.807) is 13.0 Å². The number of hydrogen-bond donors (Lipinski definition) is 4. The molecular weight excluding hydrogens is 274 g/mol. The molecule has 1 aromatic carbocycles. The van der Waals surface area contributed by atoms with Crippen molar-refractivity contribution in [3.63, 3.8) is 0 Å². The second-order valence-corrected chi connectivity index (χ2v) is 5.11. The van der Waals surface area contributed by atoms with Crippen molar-refractivity contribution < 1.29 is 9.72 Å². The van der Waals surface area contributed by atoms with E-state index in [4.69, 9.17) is 5.84 Å². The predicted molar refractivity (Wildman–Crippen MR) is 81.8 cm³/mol. The van der Waals surface area contributed by atoms with Crippen molar-refractivity contribution in [2.24, 2.45) is 11.8 Å². The Bertz CT molecular complexity index is 519. The zero-order chi connectivity index (χ0) is 16.0. The summed E-state index contributed by atoms with van der Waals surface area (Å²) in [5.41, 5.74) is 2.51. The van der Waals surface area contributed by atoms with Crippen LogP contribution in [-0.2, 0) is 4.79 Å². The van der Waals surface area contributed by atoms with Crippen LogP contribution in [0.1, 0.15) is 20.8 Å². The van der Waals surface area contributed by atoms with Gasteiger partial charge in [-0.2, -0.15) is 0 Å². The Balaban J connectivity index is 2.87. The van der Waals surface area contributed by atoms with Gasteiger partial charge in [0.15, 0.2) is 0 Å². The molecule has 0 fully saturated rings. The molecule has 0 radical (unpaired) electrons. The number of carbonyl (C=O) groups excluding carboxylic acids is 1. The van der Waals surface area contributed by atoms with Gasteiger partial charge >= 0.3 is 5.69 Å². The van der Waals surface area contributed by atoms with E-state index >= 15 is 0 Å². The van der Waals surface area contributed by atoms with E-state index < -0.39 is 11.0 Å².